The van der Waals surface area contributed by atoms with Gasteiger partial charge < -0.3 is 14.2 Å². The molecular weight excluding hydrogens is 529 g/mol. The zero-order chi connectivity index (χ0) is 29.1. The fraction of sp³-hybridized carbons (Fsp3) is 0.515. The molecule has 8 heteroatoms. The molecule has 1 aliphatic heterocycles. The van der Waals surface area contributed by atoms with Crippen molar-refractivity contribution in [2.75, 3.05) is 19.8 Å². The van der Waals surface area contributed by atoms with E-state index in [2.05, 4.69) is 23.8 Å². The molecule has 2 heterocycles. The summed E-state index contributed by atoms with van der Waals surface area (Å²) in [4.78, 5) is 8.59. The first-order valence-corrected chi connectivity index (χ1v) is 15.0. The molecule has 0 fully saturated rings. The van der Waals surface area contributed by atoms with Crippen LogP contribution in [-0.4, -0.2) is 35.9 Å². The van der Waals surface area contributed by atoms with Crippen molar-refractivity contribution in [2.45, 2.75) is 90.1 Å². The second kappa shape index (κ2) is 15.2. The fourth-order valence-electron chi connectivity index (χ4n) is 4.91. The van der Waals surface area contributed by atoms with E-state index < -0.39 is 23.4 Å². The first-order valence-electron chi connectivity index (χ1n) is 15.0. The van der Waals surface area contributed by atoms with Crippen LogP contribution < -0.4 is 9.47 Å². The molecule has 1 aromatic heterocycles. The minimum atomic E-state index is -3.41. The van der Waals surface area contributed by atoms with Crippen LogP contribution in [0.1, 0.15) is 83.6 Å². The Morgan fingerprint density at radius 3 is 2.20 bits per heavy atom. The van der Waals surface area contributed by atoms with Crippen LogP contribution in [0.3, 0.4) is 0 Å². The number of halogens is 3. The summed E-state index contributed by atoms with van der Waals surface area (Å²) in [6.45, 7) is 6.43. The highest BCUT2D eigenvalue weighted by Crippen LogP contribution is 2.50. The van der Waals surface area contributed by atoms with Crippen LogP contribution >= 0.6 is 0 Å². The number of alkyl halides is 2. The van der Waals surface area contributed by atoms with Crippen LogP contribution in [-0.2, 0) is 10.7 Å². The van der Waals surface area contributed by atoms with Gasteiger partial charge in [-0.1, -0.05) is 58.1 Å². The quantitative estimate of drug-likeness (QED) is 0.152. The molecule has 0 bridgehead atoms. The predicted octanol–water partition coefficient (Wildman–Crippen LogP) is 9.14. The lowest BCUT2D eigenvalue weighted by Crippen LogP contribution is -2.30. The molecule has 4 rings (SSSR count). The molecule has 0 aliphatic carbocycles. The number of fused-ring (bicyclic) bond motifs is 1. The van der Waals surface area contributed by atoms with E-state index in [9.17, 15) is 0 Å². The van der Waals surface area contributed by atoms with Gasteiger partial charge in [0.05, 0.1) is 12.2 Å². The second-order valence-corrected chi connectivity index (χ2v) is 10.6. The number of nitrogens with zero attached hydrogens (tertiary/aromatic N) is 2. The van der Waals surface area contributed by atoms with Crippen LogP contribution in [0.2, 0.25) is 0 Å². The number of ether oxygens (including phenoxy) is 3. The zero-order valence-corrected chi connectivity index (χ0v) is 24.1. The summed E-state index contributed by atoms with van der Waals surface area (Å²) in [5.41, 5.74) is 0.829. The third-order valence-electron chi connectivity index (χ3n) is 7.35. The van der Waals surface area contributed by atoms with Crippen molar-refractivity contribution < 1.29 is 27.4 Å². The van der Waals surface area contributed by atoms with Gasteiger partial charge in [-0.2, -0.15) is 8.78 Å². The molecule has 41 heavy (non-hydrogen) atoms. The average molecular weight is 571 g/mol. The molecule has 0 radical (unpaired) electrons. The van der Waals surface area contributed by atoms with Gasteiger partial charge in [0.25, 0.3) is 0 Å². The minimum absolute atomic E-state index is 0.0477. The number of hydrogen-bond acceptors (Lipinski definition) is 5. The fourth-order valence-corrected chi connectivity index (χ4v) is 4.91. The summed E-state index contributed by atoms with van der Waals surface area (Å²) in [6.07, 6.45) is 10.7. The summed E-state index contributed by atoms with van der Waals surface area (Å²) in [5.74, 6) is -3.73. The summed E-state index contributed by atoms with van der Waals surface area (Å²) < 4.78 is 62.7. The van der Waals surface area contributed by atoms with E-state index >= 15 is 13.2 Å². The SMILES string of the molecule is CCCCCCCC1Oc2ccc(-c3ncc(-c4ccc(OCCCCOCCCC)cc4)cn3)c(F)c2C1(F)F. The highest BCUT2D eigenvalue weighted by Gasteiger charge is 2.53. The molecule has 2 aromatic carbocycles. The molecule has 0 spiro atoms. The number of benzene rings is 2. The molecule has 1 aliphatic rings. The van der Waals surface area contributed by atoms with E-state index in [1.807, 2.05) is 24.3 Å². The molecule has 0 N–H and O–H groups in total. The Balaban J connectivity index is 1.34. The highest BCUT2D eigenvalue weighted by atomic mass is 19.3. The van der Waals surface area contributed by atoms with Gasteiger partial charge in [-0.15, -0.1) is 0 Å². The maximum atomic E-state index is 15.4. The van der Waals surface area contributed by atoms with Crippen molar-refractivity contribution >= 4 is 0 Å². The lowest BCUT2D eigenvalue weighted by molar-refractivity contribution is -0.0811. The lowest BCUT2D eigenvalue weighted by atomic mass is 9.98. The van der Waals surface area contributed by atoms with Crippen molar-refractivity contribution in [2.24, 2.45) is 0 Å². The predicted molar refractivity (Wildman–Crippen MR) is 155 cm³/mol. The van der Waals surface area contributed by atoms with Crippen LogP contribution in [0, 0.1) is 5.82 Å². The molecule has 0 saturated heterocycles. The third-order valence-corrected chi connectivity index (χ3v) is 7.35. The van der Waals surface area contributed by atoms with Crippen LogP contribution in [0.4, 0.5) is 13.2 Å². The van der Waals surface area contributed by atoms with E-state index in [4.69, 9.17) is 14.2 Å². The molecule has 0 saturated carbocycles. The van der Waals surface area contributed by atoms with Gasteiger partial charge in [0.2, 0.25) is 0 Å². The first-order chi connectivity index (χ1) is 20.0. The summed E-state index contributed by atoms with van der Waals surface area (Å²) in [5, 5.41) is 0. The molecule has 1 unspecified atom stereocenters. The van der Waals surface area contributed by atoms with E-state index in [0.717, 1.165) is 81.5 Å². The topological polar surface area (TPSA) is 53.5 Å². The van der Waals surface area contributed by atoms with E-state index in [1.54, 1.807) is 12.4 Å². The van der Waals surface area contributed by atoms with Gasteiger partial charge >= 0.3 is 5.92 Å². The molecule has 1 atom stereocenters. The van der Waals surface area contributed by atoms with Crippen molar-refractivity contribution in [3.63, 3.8) is 0 Å². The largest absolute Gasteiger partial charge is 0.494 e. The molecular formula is C33H41F3N2O3. The second-order valence-electron chi connectivity index (χ2n) is 10.6. The van der Waals surface area contributed by atoms with Crippen molar-refractivity contribution in [1.29, 1.82) is 0 Å². The maximum absolute atomic E-state index is 15.4. The number of unbranched alkanes of at least 4 members (excludes halogenated alkanes) is 6. The number of hydrogen-bond donors (Lipinski definition) is 0. The number of aromatic nitrogens is 2. The third kappa shape index (κ3) is 8.00. The van der Waals surface area contributed by atoms with Gasteiger partial charge in [-0.05, 0) is 61.9 Å². The smallest absolute Gasteiger partial charge is 0.315 e. The maximum Gasteiger partial charge on any atom is 0.315 e. The van der Waals surface area contributed by atoms with Gasteiger partial charge in [-0.25, -0.2) is 14.4 Å². The molecule has 3 aromatic rings. The summed E-state index contributed by atoms with van der Waals surface area (Å²) in [7, 11) is 0. The van der Waals surface area contributed by atoms with Crippen LogP contribution in [0.15, 0.2) is 48.8 Å². The molecule has 5 nitrogen and oxygen atoms in total. The standard InChI is InChI=1S/C33H41F3N2O3/c1-3-5-7-8-9-12-29-33(35,36)30-28(41-29)18-17-27(31(30)34)32-37-22-25(23-38-32)24-13-15-26(16-14-24)40-21-11-10-20-39-19-6-4-2/h13-18,22-23,29H,3-12,19-21H2,1-2H3. The summed E-state index contributed by atoms with van der Waals surface area (Å²) in [6, 6.07) is 10.4. The van der Waals surface area contributed by atoms with Crippen molar-refractivity contribution in [1.82, 2.24) is 9.97 Å². The van der Waals surface area contributed by atoms with E-state index in [-0.39, 0.29) is 23.6 Å². The zero-order valence-electron chi connectivity index (χ0n) is 24.1. The number of rotatable bonds is 17. The Labute approximate surface area is 241 Å². The van der Waals surface area contributed by atoms with Gasteiger partial charge in [0, 0.05) is 31.2 Å². The van der Waals surface area contributed by atoms with E-state index in [1.165, 1.54) is 12.1 Å². The average Bonchev–Trinajstić information content (AvgIpc) is 3.24. The molecule has 0 amide bonds. The molecule has 222 valence electrons. The van der Waals surface area contributed by atoms with Crippen LogP contribution in [0.25, 0.3) is 22.5 Å². The van der Waals surface area contributed by atoms with Crippen LogP contribution in [0.5, 0.6) is 11.5 Å². The van der Waals surface area contributed by atoms with Crippen molar-refractivity contribution in [3.05, 3.63) is 60.2 Å². The van der Waals surface area contributed by atoms with Gasteiger partial charge in [-0.3, -0.25) is 0 Å². The normalized spacial score (nSPS) is 15.5. The Morgan fingerprint density at radius 1 is 0.780 bits per heavy atom. The Hall–Kier alpha value is -3.13. The highest BCUT2D eigenvalue weighted by molar-refractivity contribution is 5.66. The monoisotopic (exact) mass is 570 g/mol. The Morgan fingerprint density at radius 2 is 1.46 bits per heavy atom. The van der Waals surface area contributed by atoms with Gasteiger partial charge in [0.15, 0.2) is 11.9 Å². The minimum Gasteiger partial charge on any atom is -0.494 e. The summed E-state index contributed by atoms with van der Waals surface area (Å²) >= 11 is 0. The van der Waals surface area contributed by atoms with Crippen molar-refractivity contribution in [3.8, 4) is 34.0 Å². The lowest BCUT2D eigenvalue weighted by Gasteiger charge is -2.18. The first kappa shape index (κ1) is 30.8. The van der Waals surface area contributed by atoms with Gasteiger partial charge in [0.1, 0.15) is 22.9 Å². The Bertz CT molecular complexity index is 1220. The Kier molecular flexibility index (Phi) is 11.4. The van der Waals surface area contributed by atoms with E-state index in [0.29, 0.717) is 13.0 Å².